The Balaban J connectivity index is 1.41. The van der Waals surface area contributed by atoms with Gasteiger partial charge >= 0.3 is 6.09 Å². The summed E-state index contributed by atoms with van der Waals surface area (Å²) >= 11 is 0. The molecule has 2 aromatic carbocycles. The molecule has 0 radical (unpaired) electrons. The minimum atomic E-state index is -0.868. The van der Waals surface area contributed by atoms with Crippen LogP contribution >= 0.6 is 0 Å². The van der Waals surface area contributed by atoms with Crippen molar-refractivity contribution in [3.8, 4) is 11.3 Å². The van der Waals surface area contributed by atoms with Crippen molar-refractivity contribution in [1.82, 2.24) is 20.5 Å². The number of halogens is 3. The number of nitrogens with one attached hydrogen (secondary N) is 2. The van der Waals surface area contributed by atoms with Gasteiger partial charge in [0.05, 0.1) is 28.7 Å². The Kier molecular flexibility index (Phi) is 8.34. The minimum Gasteiger partial charge on any atom is -0.444 e. The fourth-order valence-corrected chi connectivity index (χ4v) is 5.65. The molecule has 2 N–H and O–H groups in total. The number of rotatable bonds is 5. The van der Waals surface area contributed by atoms with E-state index >= 15 is 0 Å². The van der Waals surface area contributed by atoms with Gasteiger partial charge in [0.1, 0.15) is 28.6 Å². The summed E-state index contributed by atoms with van der Waals surface area (Å²) < 4.78 is 49.0. The summed E-state index contributed by atoms with van der Waals surface area (Å²) in [7, 11) is 0. The molecule has 2 aromatic heterocycles. The SMILES string of the molecule is C[C@@H]1C[C@H](NC(=O)OC(C)(C)C)C[C@H](c2ccncc2NC(=O)c2ccc(F)c3cc(-c4c(F)cccc4F)nnc23)C1. The number of anilines is 1. The quantitative estimate of drug-likeness (QED) is 0.255. The molecule has 0 bridgehead atoms. The predicted octanol–water partition coefficient (Wildman–Crippen LogP) is 7.16. The highest BCUT2D eigenvalue weighted by Gasteiger charge is 2.31. The molecule has 3 atom stereocenters. The van der Waals surface area contributed by atoms with E-state index in [-0.39, 0.29) is 34.1 Å². The standard InChI is InChI=1S/C32H32F3N5O3/c1-17-12-18(14-19(13-17)37-31(42)43-32(2,3)4)20-10-11-36-16-27(20)38-30(41)21-8-9-23(33)22-15-26(39-40-29(21)22)28-24(34)6-5-7-25(28)35/h5-11,15-19H,12-14H2,1-4H3,(H,37,42)(H,38,41)/t17-,18+,19-/m0/s1. The Morgan fingerprint density at radius 3 is 2.42 bits per heavy atom. The summed E-state index contributed by atoms with van der Waals surface area (Å²) in [6.07, 6.45) is 4.97. The molecular formula is C32H32F3N5O3. The molecule has 0 spiro atoms. The Morgan fingerprint density at radius 1 is 0.953 bits per heavy atom. The van der Waals surface area contributed by atoms with Crippen LogP contribution in [-0.2, 0) is 4.74 Å². The van der Waals surface area contributed by atoms with Crippen molar-refractivity contribution in [2.75, 3.05) is 5.32 Å². The molecular weight excluding hydrogens is 559 g/mol. The first-order valence-corrected chi connectivity index (χ1v) is 14.0. The molecule has 224 valence electrons. The molecule has 1 aliphatic carbocycles. The number of nitrogens with zero attached hydrogens (tertiary/aromatic N) is 3. The van der Waals surface area contributed by atoms with E-state index in [1.165, 1.54) is 18.2 Å². The molecule has 4 aromatic rings. The molecule has 2 amide bonds. The zero-order valence-corrected chi connectivity index (χ0v) is 24.2. The van der Waals surface area contributed by atoms with E-state index in [1.54, 1.807) is 12.4 Å². The molecule has 0 unspecified atom stereocenters. The number of hydrogen-bond donors (Lipinski definition) is 2. The normalized spacial score (nSPS) is 18.7. The predicted molar refractivity (Wildman–Crippen MR) is 156 cm³/mol. The highest BCUT2D eigenvalue weighted by Crippen LogP contribution is 2.39. The topological polar surface area (TPSA) is 106 Å². The summed E-state index contributed by atoms with van der Waals surface area (Å²) in [4.78, 5) is 30.1. The van der Waals surface area contributed by atoms with E-state index < -0.39 is 40.6 Å². The van der Waals surface area contributed by atoms with E-state index in [0.717, 1.165) is 36.6 Å². The van der Waals surface area contributed by atoms with Crippen LogP contribution in [0.4, 0.5) is 23.7 Å². The molecule has 11 heteroatoms. The average Bonchev–Trinajstić information content (AvgIpc) is 2.92. The Hall–Kier alpha value is -4.54. The molecule has 1 aliphatic rings. The number of carbonyl (C=O) groups excluding carboxylic acids is 2. The number of carbonyl (C=O) groups is 2. The van der Waals surface area contributed by atoms with Gasteiger partial charge in [0.25, 0.3) is 5.91 Å². The number of fused-ring (bicyclic) bond motifs is 1. The maximum absolute atomic E-state index is 14.9. The number of pyridine rings is 1. The molecule has 0 aliphatic heterocycles. The number of alkyl carbamates (subject to hydrolysis) is 1. The van der Waals surface area contributed by atoms with Crippen molar-refractivity contribution in [3.05, 3.63) is 83.4 Å². The van der Waals surface area contributed by atoms with Crippen LogP contribution in [0.15, 0.2) is 54.9 Å². The second kappa shape index (κ2) is 12.0. The zero-order valence-electron chi connectivity index (χ0n) is 24.2. The lowest BCUT2D eigenvalue weighted by molar-refractivity contribution is 0.0482. The number of benzene rings is 2. The van der Waals surface area contributed by atoms with E-state index in [2.05, 4.69) is 32.7 Å². The van der Waals surface area contributed by atoms with Crippen molar-refractivity contribution in [3.63, 3.8) is 0 Å². The zero-order chi connectivity index (χ0) is 30.9. The lowest BCUT2D eigenvalue weighted by atomic mass is 9.76. The minimum absolute atomic E-state index is 0.00460. The Bertz CT molecular complexity index is 1670. The molecule has 8 nitrogen and oxygen atoms in total. The monoisotopic (exact) mass is 591 g/mol. The van der Waals surface area contributed by atoms with E-state index in [9.17, 15) is 22.8 Å². The van der Waals surface area contributed by atoms with Crippen LogP contribution in [0, 0.1) is 23.4 Å². The number of hydrogen-bond acceptors (Lipinski definition) is 6. The van der Waals surface area contributed by atoms with E-state index in [4.69, 9.17) is 4.74 Å². The van der Waals surface area contributed by atoms with Gasteiger partial charge in [-0.2, -0.15) is 0 Å². The molecule has 43 heavy (non-hydrogen) atoms. The maximum Gasteiger partial charge on any atom is 0.407 e. The van der Waals surface area contributed by atoms with Crippen LogP contribution in [0.2, 0.25) is 0 Å². The van der Waals surface area contributed by atoms with Gasteiger partial charge in [-0.05, 0) is 93.8 Å². The second-order valence-corrected chi connectivity index (χ2v) is 12.0. The van der Waals surface area contributed by atoms with Crippen LogP contribution in [0.25, 0.3) is 22.2 Å². The number of amides is 2. The van der Waals surface area contributed by atoms with Crippen molar-refractivity contribution in [2.24, 2.45) is 5.92 Å². The third kappa shape index (κ3) is 6.76. The Morgan fingerprint density at radius 2 is 1.70 bits per heavy atom. The van der Waals surface area contributed by atoms with Gasteiger partial charge in [0.2, 0.25) is 0 Å². The van der Waals surface area contributed by atoms with Gasteiger partial charge in [-0.3, -0.25) is 9.78 Å². The average molecular weight is 592 g/mol. The summed E-state index contributed by atoms with van der Waals surface area (Å²) in [5.41, 5.74) is 0.0368. The van der Waals surface area contributed by atoms with Crippen LogP contribution in [0.5, 0.6) is 0 Å². The highest BCUT2D eigenvalue weighted by atomic mass is 19.1. The maximum atomic E-state index is 14.9. The van der Waals surface area contributed by atoms with Crippen molar-refractivity contribution < 1.29 is 27.5 Å². The highest BCUT2D eigenvalue weighted by molar-refractivity contribution is 6.12. The third-order valence-electron chi connectivity index (χ3n) is 7.37. The first-order valence-electron chi connectivity index (χ1n) is 14.0. The molecule has 1 saturated carbocycles. The summed E-state index contributed by atoms with van der Waals surface area (Å²) in [6, 6.07) is 8.62. The van der Waals surface area contributed by atoms with Crippen LogP contribution < -0.4 is 10.6 Å². The van der Waals surface area contributed by atoms with Gasteiger partial charge in [-0.25, -0.2) is 18.0 Å². The summed E-state index contributed by atoms with van der Waals surface area (Å²) in [5, 5.41) is 13.7. The van der Waals surface area contributed by atoms with E-state index in [1.807, 2.05) is 26.8 Å². The summed E-state index contributed by atoms with van der Waals surface area (Å²) in [6.45, 7) is 7.54. The van der Waals surface area contributed by atoms with Crippen molar-refractivity contribution >= 4 is 28.6 Å². The largest absolute Gasteiger partial charge is 0.444 e. The lowest BCUT2D eigenvalue weighted by Crippen LogP contribution is -2.42. The third-order valence-corrected chi connectivity index (χ3v) is 7.37. The van der Waals surface area contributed by atoms with Crippen LogP contribution in [-0.4, -0.2) is 38.8 Å². The molecule has 2 heterocycles. The second-order valence-electron chi connectivity index (χ2n) is 12.0. The molecule has 0 saturated heterocycles. The van der Waals surface area contributed by atoms with Gasteiger partial charge in [0, 0.05) is 17.6 Å². The van der Waals surface area contributed by atoms with E-state index in [0.29, 0.717) is 18.0 Å². The molecule has 5 rings (SSSR count). The smallest absolute Gasteiger partial charge is 0.407 e. The van der Waals surface area contributed by atoms with Crippen molar-refractivity contribution in [1.29, 1.82) is 0 Å². The molecule has 1 fully saturated rings. The Labute approximate surface area is 247 Å². The van der Waals surface area contributed by atoms with Gasteiger partial charge in [-0.15, -0.1) is 10.2 Å². The van der Waals surface area contributed by atoms with Crippen LogP contribution in [0.1, 0.15) is 68.8 Å². The fraction of sp³-hybridized carbons (Fsp3) is 0.344. The lowest BCUT2D eigenvalue weighted by Gasteiger charge is -2.35. The van der Waals surface area contributed by atoms with Gasteiger partial charge < -0.3 is 15.4 Å². The van der Waals surface area contributed by atoms with Gasteiger partial charge in [-0.1, -0.05) is 13.0 Å². The number of ether oxygens (including phenoxy) is 1. The van der Waals surface area contributed by atoms with Crippen LogP contribution in [0.3, 0.4) is 0 Å². The number of aromatic nitrogens is 3. The fourth-order valence-electron chi connectivity index (χ4n) is 5.65. The van der Waals surface area contributed by atoms with Crippen molar-refractivity contribution in [2.45, 2.75) is 64.5 Å². The first kappa shape index (κ1) is 29.9. The van der Waals surface area contributed by atoms with Gasteiger partial charge in [0.15, 0.2) is 0 Å². The summed E-state index contributed by atoms with van der Waals surface area (Å²) in [5.74, 6) is -2.74. The first-order chi connectivity index (χ1) is 20.4.